The maximum Gasteiger partial charge on any atom is 0.303 e. The van der Waals surface area contributed by atoms with Crippen LogP contribution in [0, 0.1) is 0 Å². The largest absolute Gasteiger partial charge is 0.507 e. The van der Waals surface area contributed by atoms with Crippen molar-refractivity contribution >= 4 is 17.9 Å². The van der Waals surface area contributed by atoms with Crippen molar-refractivity contribution in [2.24, 2.45) is 0 Å². The number of carbonyl (C=O) groups is 2. The highest BCUT2D eigenvalue weighted by Gasteiger charge is 2.32. The van der Waals surface area contributed by atoms with Crippen LogP contribution < -0.4 is 4.90 Å². The molecule has 0 radical (unpaired) electrons. The first-order valence-corrected chi connectivity index (χ1v) is 8.14. The molecule has 5 heteroatoms. The molecule has 0 unspecified atom stereocenters. The number of unbranched alkanes of at least 4 members (excludes halogenated alkanes) is 2. The Morgan fingerprint density at radius 1 is 1.30 bits per heavy atom. The van der Waals surface area contributed by atoms with Crippen molar-refractivity contribution < 1.29 is 19.8 Å². The number of nitrogens with zero attached hydrogens (tertiary/aromatic N) is 1. The van der Waals surface area contributed by atoms with E-state index in [0.29, 0.717) is 18.3 Å². The van der Waals surface area contributed by atoms with Gasteiger partial charge in [-0.15, -0.1) is 0 Å². The van der Waals surface area contributed by atoms with Crippen LogP contribution in [-0.2, 0) is 10.2 Å². The molecule has 1 heterocycles. The molecular weight excluding hydrogens is 294 g/mol. The van der Waals surface area contributed by atoms with Crippen molar-refractivity contribution in [1.29, 1.82) is 0 Å². The van der Waals surface area contributed by atoms with Gasteiger partial charge in [0.1, 0.15) is 5.75 Å². The molecule has 0 amide bonds. The lowest BCUT2D eigenvalue weighted by Gasteiger charge is -2.40. The Labute approximate surface area is 136 Å². The van der Waals surface area contributed by atoms with Gasteiger partial charge in [-0.25, -0.2) is 0 Å². The van der Waals surface area contributed by atoms with Crippen LogP contribution in [0.1, 0.15) is 61.9 Å². The number of phenols is 1. The predicted molar refractivity (Wildman–Crippen MR) is 89.5 cm³/mol. The topological polar surface area (TPSA) is 77.8 Å². The van der Waals surface area contributed by atoms with Crippen LogP contribution in [0.3, 0.4) is 0 Å². The van der Waals surface area contributed by atoms with Gasteiger partial charge < -0.3 is 15.1 Å². The standard InChI is InChI=1S/C18H25NO4/c1-18(2)7-9-19(8-5-3-4-6-17(22)23)15-11-16(21)13(12-20)10-14(15)18/h10-12,21H,3-9H2,1-2H3,(H,22,23). The summed E-state index contributed by atoms with van der Waals surface area (Å²) in [5.41, 5.74) is 2.39. The third-order valence-corrected chi connectivity index (χ3v) is 4.67. The number of fused-ring (bicyclic) bond motifs is 1. The van der Waals surface area contributed by atoms with E-state index in [1.807, 2.05) is 0 Å². The summed E-state index contributed by atoms with van der Waals surface area (Å²) in [6, 6.07) is 3.49. The van der Waals surface area contributed by atoms with E-state index in [-0.39, 0.29) is 17.6 Å². The molecule has 23 heavy (non-hydrogen) atoms. The van der Waals surface area contributed by atoms with Gasteiger partial charge in [0.2, 0.25) is 0 Å². The van der Waals surface area contributed by atoms with Crippen LogP contribution >= 0.6 is 0 Å². The van der Waals surface area contributed by atoms with E-state index in [0.717, 1.165) is 43.6 Å². The Balaban J connectivity index is 2.11. The molecule has 1 aliphatic heterocycles. The molecule has 0 atom stereocenters. The van der Waals surface area contributed by atoms with E-state index in [9.17, 15) is 14.7 Å². The van der Waals surface area contributed by atoms with Crippen LogP contribution in [0.5, 0.6) is 5.75 Å². The lowest BCUT2D eigenvalue weighted by molar-refractivity contribution is -0.137. The Kier molecular flexibility index (Phi) is 5.29. The first-order chi connectivity index (χ1) is 10.8. The lowest BCUT2D eigenvalue weighted by Crippen LogP contribution is -2.38. The highest BCUT2D eigenvalue weighted by atomic mass is 16.4. The fourth-order valence-electron chi connectivity index (χ4n) is 3.15. The van der Waals surface area contributed by atoms with Gasteiger partial charge >= 0.3 is 5.97 Å². The molecule has 126 valence electrons. The number of hydrogen-bond donors (Lipinski definition) is 2. The Hall–Kier alpha value is -2.04. The van der Waals surface area contributed by atoms with Crippen LogP contribution in [0.15, 0.2) is 12.1 Å². The predicted octanol–water partition coefficient (Wildman–Crippen LogP) is 3.34. The normalized spacial score (nSPS) is 16.0. The first kappa shape index (κ1) is 17.3. The highest BCUT2D eigenvalue weighted by Crippen LogP contribution is 2.42. The minimum absolute atomic E-state index is 0.0207. The van der Waals surface area contributed by atoms with Gasteiger partial charge in [0.15, 0.2) is 6.29 Å². The second-order valence-corrected chi connectivity index (χ2v) is 6.87. The zero-order valence-corrected chi connectivity index (χ0v) is 13.8. The molecule has 0 aromatic heterocycles. The first-order valence-electron chi connectivity index (χ1n) is 8.14. The molecule has 0 aliphatic carbocycles. The summed E-state index contributed by atoms with van der Waals surface area (Å²) in [6.07, 6.45) is 4.38. The molecule has 5 nitrogen and oxygen atoms in total. The molecule has 0 saturated heterocycles. The summed E-state index contributed by atoms with van der Waals surface area (Å²) >= 11 is 0. The van der Waals surface area contributed by atoms with E-state index in [2.05, 4.69) is 18.7 Å². The average Bonchev–Trinajstić information content (AvgIpc) is 2.48. The number of carboxylic acid groups (broad SMARTS) is 1. The monoisotopic (exact) mass is 319 g/mol. The highest BCUT2D eigenvalue weighted by molar-refractivity contribution is 5.82. The van der Waals surface area contributed by atoms with E-state index in [4.69, 9.17) is 5.11 Å². The van der Waals surface area contributed by atoms with Crippen molar-refractivity contribution in [1.82, 2.24) is 0 Å². The molecule has 0 fully saturated rings. The van der Waals surface area contributed by atoms with Gasteiger partial charge in [0, 0.05) is 31.3 Å². The minimum atomic E-state index is -0.749. The van der Waals surface area contributed by atoms with Gasteiger partial charge in [-0.3, -0.25) is 9.59 Å². The summed E-state index contributed by atoms with van der Waals surface area (Å²) in [6.45, 7) is 6.05. The number of carbonyl (C=O) groups excluding carboxylic acids is 1. The fraction of sp³-hybridized carbons (Fsp3) is 0.556. The Morgan fingerprint density at radius 2 is 2.04 bits per heavy atom. The molecule has 1 aliphatic rings. The number of anilines is 1. The van der Waals surface area contributed by atoms with Gasteiger partial charge in [0.05, 0.1) is 5.56 Å². The molecule has 0 spiro atoms. The second-order valence-electron chi connectivity index (χ2n) is 6.87. The van der Waals surface area contributed by atoms with Crippen LogP contribution in [0.2, 0.25) is 0 Å². The van der Waals surface area contributed by atoms with Crippen molar-refractivity contribution in [3.63, 3.8) is 0 Å². The number of aliphatic carboxylic acids is 1. The van der Waals surface area contributed by atoms with Gasteiger partial charge in [-0.2, -0.15) is 0 Å². The maximum atomic E-state index is 11.1. The van der Waals surface area contributed by atoms with Gasteiger partial charge in [0.25, 0.3) is 0 Å². The SMILES string of the molecule is CC1(C)CCN(CCCCCC(=O)O)c2cc(O)c(C=O)cc21. The molecule has 0 saturated carbocycles. The van der Waals surface area contributed by atoms with Crippen LogP contribution in [-0.4, -0.2) is 35.6 Å². The number of carboxylic acids is 1. The molecular formula is C18H25NO4. The van der Waals surface area contributed by atoms with Crippen LogP contribution in [0.25, 0.3) is 0 Å². The summed E-state index contributed by atoms with van der Waals surface area (Å²) in [5.74, 6) is -0.728. The lowest BCUT2D eigenvalue weighted by atomic mass is 9.77. The molecule has 0 bridgehead atoms. The third kappa shape index (κ3) is 4.03. The van der Waals surface area contributed by atoms with E-state index >= 15 is 0 Å². The summed E-state index contributed by atoms with van der Waals surface area (Å²) in [5, 5.41) is 18.7. The fourth-order valence-corrected chi connectivity index (χ4v) is 3.15. The number of rotatable bonds is 7. The number of aromatic hydroxyl groups is 1. The van der Waals surface area contributed by atoms with Crippen molar-refractivity contribution in [3.05, 3.63) is 23.3 Å². The van der Waals surface area contributed by atoms with Crippen molar-refractivity contribution in [3.8, 4) is 5.75 Å². The maximum absolute atomic E-state index is 11.1. The van der Waals surface area contributed by atoms with E-state index in [1.54, 1.807) is 12.1 Å². The zero-order chi connectivity index (χ0) is 17.0. The van der Waals surface area contributed by atoms with Gasteiger partial charge in [-0.1, -0.05) is 20.3 Å². The molecule has 2 N–H and O–H groups in total. The summed E-state index contributed by atoms with van der Waals surface area (Å²) in [4.78, 5) is 23.8. The summed E-state index contributed by atoms with van der Waals surface area (Å²) < 4.78 is 0. The number of hydrogen-bond acceptors (Lipinski definition) is 4. The smallest absolute Gasteiger partial charge is 0.303 e. The Bertz CT molecular complexity index is 595. The van der Waals surface area contributed by atoms with E-state index in [1.165, 1.54) is 0 Å². The molecule has 1 aromatic rings. The Morgan fingerprint density at radius 3 is 2.70 bits per heavy atom. The quantitative estimate of drug-likeness (QED) is 0.595. The van der Waals surface area contributed by atoms with Gasteiger partial charge in [-0.05, 0) is 36.3 Å². The number of benzene rings is 1. The van der Waals surface area contributed by atoms with Crippen molar-refractivity contribution in [2.75, 3.05) is 18.0 Å². The minimum Gasteiger partial charge on any atom is -0.507 e. The van der Waals surface area contributed by atoms with Crippen molar-refractivity contribution in [2.45, 2.75) is 51.4 Å². The summed E-state index contributed by atoms with van der Waals surface area (Å²) in [7, 11) is 0. The molecule has 1 aromatic carbocycles. The zero-order valence-electron chi connectivity index (χ0n) is 13.8. The number of aldehydes is 1. The third-order valence-electron chi connectivity index (χ3n) is 4.67. The second kappa shape index (κ2) is 7.02. The molecule has 2 rings (SSSR count). The van der Waals surface area contributed by atoms with E-state index < -0.39 is 5.97 Å². The average molecular weight is 319 g/mol. The number of phenolic OH excluding ortho intramolecular Hbond substituents is 1. The van der Waals surface area contributed by atoms with Crippen LogP contribution in [0.4, 0.5) is 5.69 Å².